The van der Waals surface area contributed by atoms with Crippen LogP contribution in [0.4, 0.5) is 0 Å². The Morgan fingerprint density at radius 1 is 1.17 bits per heavy atom. The van der Waals surface area contributed by atoms with E-state index in [4.69, 9.17) is 0 Å². The summed E-state index contributed by atoms with van der Waals surface area (Å²) < 4.78 is 1.86. The van der Waals surface area contributed by atoms with Crippen molar-refractivity contribution in [2.24, 2.45) is 0 Å². The van der Waals surface area contributed by atoms with Gasteiger partial charge in [0.15, 0.2) is 0 Å². The van der Waals surface area contributed by atoms with Crippen LogP contribution in [0.25, 0.3) is 11.0 Å². The van der Waals surface area contributed by atoms with E-state index in [0.717, 1.165) is 29.6 Å². The van der Waals surface area contributed by atoms with Crippen LogP contribution in [-0.4, -0.2) is 20.9 Å². The maximum absolute atomic E-state index is 12.3. The molecule has 0 aliphatic heterocycles. The van der Waals surface area contributed by atoms with Gasteiger partial charge < -0.3 is 5.32 Å². The normalized spacial score (nSPS) is 10.9. The topological polar surface area (TPSA) is 59.8 Å². The van der Waals surface area contributed by atoms with E-state index in [-0.39, 0.29) is 5.91 Å². The highest BCUT2D eigenvalue weighted by Crippen LogP contribution is 2.14. The van der Waals surface area contributed by atoms with Gasteiger partial charge in [-0.3, -0.25) is 4.79 Å². The minimum absolute atomic E-state index is 0.0995. The standard InChI is InChI=1S/C18H20N4O/c1-3-10-22-17-9-8-15(11-16(17)20-21-22)18(23)19-12-14-6-4-13(2)5-7-14/h4-9,11H,3,10,12H2,1-2H3,(H,19,23). The lowest BCUT2D eigenvalue weighted by molar-refractivity contribution is 0.0951. The van der Waals surface area contributed by atoms with E-state index >= 15 is 0 Å². The van der Waals surface area contributed by atoms with Crippen LogP contribution in [0, 0.1) is 6.92 Å². The Hall–Kier alpha value is -2.69. The molecule has 2 aromatic carbocycles. The Labute approximate surface area is 135 Å². The van der Waals surface area contributed by atoms with Crippen molar-refractivity contribution in [3.8, 4) is 0 Å². The summed E-state index contributed by atoms with van der Waals surface area (Å²) in [7, 11) is 0. The van der Waals surface area contributed by atoms with E-state index < -0.39 is 0 Å². The molecule has 0 aliphatic carbocycles. The van der Waals surface area contributed by atoms with E-state index in [9.17, 15) is 4.79 Å². The van der Waals surface area contributed by atoms with Gasteiger partial charge in [-0.25, -0.2) is 4.68 Å². The molecule has 3 rings (SSSR count). The molecular weight excluding hydrogens is 288 g/mol. The third-order valence-corrected chi connectivity index (χ3v) is 3.79. The highest BCUT2D eigenvalue weighted by Gasteiger charge is 2.10. The molecule has 0 saturated carbocycles. The molecule has 0 bridgehead atoms. The molecule has 5 nitrogen and oxygen atoms in total. The zero-order chi connectivity index (χ0) is 16.2. The van der Waals surface area contributed by atoms with Gasteiger partial charge in [-0.15, -0.1) is 5.10 Å². The van der Waals surface area contributed by atoms with Crippen molar-refractivity contribution in [2.45, 2.75) is 33.4 Å². The molecule has 3 aromatic rings. The fourth-order valence-corrected chi connectivity index (χ4v) is 2.48. The largest absolute Gasteiger partial charge is 0.348 e. The molecule has 1 amide bonds. The molecule has 1 N–H and O–H groups in total. The molecule has 0 unspecified atom stereocenters. The van der Waals surface area contributed by atoms with Crippen molar-refractivity contribution in [3.05, 3.63) is 59.2 Å². The number of nitrogens with one attached hydrogen (secondary N) is 1. The Kier molecular flexibility index (Phi) is 4.37. The van der Waals surface area contributed by atoms with Crippen LogP contribution in [0.1, 0.15) is 34.8 Å². The van der Waals surface area contributed by atoms with Crippen molar-refractivity contribution >= 4 is 16.9 Å². The molecule has 118 valence electrons. The molecular formula is C18H20N4O. The van der Waals surface area contributed by atoms with Crippen LogP contribution in [0.5, 0.6) is 0 Å². The van der Waals surface area contributed by atoms with Crippen LogP contribution in [0.2, 0.25) is 0 Å². The molecule has 0 atom stereocenters. The maximum atomic E-state index is 12.3. The second-order valence-electron chi connectivity index (χ2n) is 5.68. The van der Waals surface area contributed by atoms with Gasteiger partial charge in [0.2, 0.25) is 0 Å². The first-order chi connectivity index (χ1) is 11.2. The average Bonchev–Trinajstić information content (AvgIpc) is 2.97. The predicted molar refractivity (Wildman–Crippen MR) is 90.2 cm³/mol. The van der Waals surface area contributed by atoms with Gasteiger partial charge in [-0.05, 0) is 37.1 Å². The summed E-state index contributed by atoms with van der Waals surface area (Å²) in [4.78, 5) is 12.3. The van der Waals surface area contributed by atoms with Crippen LogP contribution < -0.4 is 5.32 Å². The summed E-state index contributed by atoms with van der Waals surface area (Å²) in [5.41, 5.74) is 4.61. The van der Waals surface area contributed by atoms with Crippen LogP contribution in [0.15, 0.2) is 42.5 Å². The Morgan fingerprint density at radius 2 is 1.96 bits per heavy atom. The van der Waals surface area contributed by atoms with Crippen LogP contribution in [-0.2, 0) is 13.1 Å². The van der Waals surface area contributed by atoms with Gasteiger partial charge in [0.1, 0.15) is 5.52 Å². The number of hydrogen-bond acceptors (Lipinski definition) is 3. The lowest BCUT2D eigenvalue weighted by Crippen LogP contribution is -2.22. The second kappa shape index (κ2) is 6.60. The predicted octanol–water partition coefficient (Wildman–Crippen LogP) is 3.08. The fraction of sp³-hybridized carbons (Fsp3) is 0.278. The van der Waals surface area contributed by atoms with Crippen molar-refractivity contribution in [3.63, 3.8) is 0 Å². The maximum Gasteiger partial charge on any atom is 0.251 e. The third kappa shape index (κ3) is 3.39. The number of hydrogen-bond donors (Lipinski definition) is 1. The first-order valence-corrected chi connectivity index (χ1v) is 7.84. The summed E-state index contributed by atoms with van der Waals surface area (Å²) in [6.07, 6.45) is 0.997. The zero-order valence-corrected chi connectivity index (χ0v) is 13.4. The Bertz CT molecular complexity index is 821. The van der Waals surface area contributed by atoms with E-state index in [2.05, 4.69) is 22.6 Å². The minimum Gasteiger partial charge on any atom is -0.348 e. The number of carbonyl (C=O) groups is 1. The first kappa shape index (κ1) is 15.2. The van der Waals surface area contributed by atoms with Gasteiger partial charge in [0.05, 0.1) is 5.52 Å². The van der Waals surface area contributed by atoms with Gasteiger partial charge in [0.25, 0.3) is 5.91 Å². The fourth-order valence-electron chi connectivity index (χ4n) is 2.48. The number of rotatable bonds is 5. The summed E-state index contributed by atoms with van der Waals surface area (Å²) in [6.45, 7) is 5.48. The summed E-state index contributed by atoms with van der Waals surface area (Å²) in [5.74, 6) is -0.0995. The van der Waals surface area contributed by atoms with E-state index in [0.29, 0.717) is 12.1 Å². The number of nitrogens with zero attached hydrogens (tertiary/aromatic N) is 3. The monoisotopic (exact) mass is 308 g/mol. The Balaban J connectivity index is 1.71. The summed E-state index contributed by atoms with van der Waals surface area (Å²) in [6, 6.07) is 13.6. The lowest BCUT2D eigenvalue weighted by atomic mass is 10.1. The molecule has 0 spiro atoms. The van der Waals surface area contributed by atoms with E-state index in [1.807, 2.05) is 48.0 Å². The number of aromatic nitrogens is 3. The highest BCUT2D eigenvalue weighted by molar-refractivity contribution is 5.97. The van der Waals surface area contributed by atoms with E-state index in [1.54, 1.807) is 6.07 Å². The van der Waals surface area contributed by atoms with Gasteiger partial charge in [-0.2, -0.15) is 0 Å². The number of benzene rings is 2. The van der Waals surface area contributed by atoms with Gasteiger partial charge in [0, 0.05) is 18.7 Å². The lowest BCUT2D eigenvalue weighted by Gasteiger charge is -2.06. The smallest absolute Gasteiger partial charge is 0.251 e. The van der Waals surface area contributed by atoms with Crippen molar-refractivity contribution in [1.29, 1.82) is 0 Å². The average molecular weight is 308 g/mol. The van der Waals surface area contributed by atoms with Crippen molar-refractivity contribution < 1.29 is 4.79 Å². The number of carbonyl (C=O) groups excluding carboxylic acids is 1. The van der Waals surface area contributed by atoms with Gasteiger partial charge in [-0.1, -0.05) is 42.0 Å². The molecule has 0 fully saturated rings. The summed E-state index contributed by atoms with van der Waals surface area (Å²) in [5, 5.41) is 11.2. The SMILES string of the molecule is CCCn1nnc2cc(C(=O)NCc3ccc(C)cc3)ccc21. The number of aryl methyl sites for hydroxylation is 2. The minimum atomic E-state index is -0.0995. The molecule has 0 saturated heterocycles. The van der Waals surface area contributed by atoms with E-state index in [1.165, 1.54) is 5.56 Å². The number of fused-ring (bicyclic) bond motifs is 1. The molecule has 23 heavy (non-hydrogen) atoms. The van der Waals surface area contributed by atoms with Crippen LogP contribution in [0.3, 0.4) is 0 Å². The van der Waals surface area contributed by atoms with Crippen LogP contribution >= 0.6 is 0 Å². The first-order valence-electron chi connectivity index (χ1n) is 7.84. The van der Waals surface area contributed by atoms with Crippen molar-refractivity contribution in [2.75, 3.05) is 0 Å². The molecule has 0 aliphatic rings. The molecule has 1 heterocycles. The van der Waals surface area contributed by atoms with Gasteiger partial charge >= 0.3 is 0 Å². The quantitative estimate of drug-likeness (QED) is 0.788. The third-order valence-electron chi connectivity index (χ3n) is 3.79. The molecule has 0 radical (unpaired) electrons. The summed E-state index contributed by atoms with van der Waals surface area (Å²) >= 11 is 0. The number of amides is 1. The second-order valence-corrected chi connectivity index (χ2v) is 5.68. The van der Waals surface area contributed by atoms with Crippen molar-refractivity contribution in [1.82, 2.24) is 20.3 Å². The Morgan fingerprint density at radius 3 is 2.70 bits per heavy atom. The zero-order valence-electron chi connectivity index (χ0n) is 13.4. The molecule has 1 aromatic heterocycles. The molecule has 5 heteroatoms. The highest BCUT2D eigenvalue weighted by atomic mass is 16.1.